The largest absolute Gasteiger partial charge is 0.324 e. The van der Waals surface area contributed by atoms with Crippen molar-refractivity contribution in [2.75, 3.05) is 0 Å². The van der Waals surface area contributed by atoms with Gasteiger partial charge in [0, 0.05) is 17.3 Å². The Bertz CT molecular complexity index is 527. The van der Waals surface area contributed by atoms with Crippen LogP contribution in [0, 0.1) is 11.6 Å². The van der Waals surface area contributed by atoms with Gasteiger partial charge >= 0.3 is 0 Å². The van der Waals surface area contributed by atoms with Crippen molar-refractivity contribution in [3.8, 4) is 0 Å². The van der Waals surface area contributed by atoms with Crippen LogP contribution < -0.4 is 5.73 Å². The van der Waals surface area contributed by atoms with Gasteiger partial charge in [-0.15, -0.1) is 11.3 Å². The Morgan fingerprint density at radius 3 is 2.53 bits per heavy atom. The number of hydrogen-bond donors (Lipinski definition) is 1. The van der Waals surface area contributed by atoms with E-state index in [1.165, 1.54) is 6.07 Å². The Morgan fingerprint density at radius 2 is 1.94 bits per heavy atom. The molecule has 1 aromatic carbocycles. The van der Waals surface area contributed by atoms with Crippen LogP contribution in [0.3, 0.4) is 0 Å². The smallest absolute Gasteiger partial charge is 0.159 e. The molecule has 0 saturated heterocycles. The molecule has 90 valence electrons. The third-order valence-corrected chi connectivity index (χ3v) is 4.07. The van der Waals surface area contributed by atoms with Gasteiger partial charge in [0.25, 0.3) is 0 Å². The molecule has 1 nitrogen and oxygen atoms in total. The number of hydrogen-bond acceptors (Lipinski definition) is 2. The Balaban J connectivity index is 2.14. The van der Waals surface area contributed by atoms with E-state index in [1.807, 2.05) is 12.1 Å². The molecule has 2 N–H and O–H groups in total. The molecular weight excluding hydrogens is 308 g/mol. The highest BCUT2D eigenvalue weighted by Gasteiger charge is 2.11. The van der Waals surface area contributed by atoms with E-state index in [-0.39, 0.29) is 6.04 Å². The number of benzene rings is 1. The zero-order valence-corrected chi connectivity index (χ0v) is 11.2. The molecule has 0 spiro atoms. The quantitative estimate of drug-likeness (QED) is 0.908. The molecule has 0 fully saturated rings. The summed E-state index contributed by atoms with van der Waals surface area (Å²) in [6, 6.07) is 7.37. The molecule has 0 saturated carbocycles. The molecule has 0 aliphatic carbocycles. The van der Waals surface area contributed by atoms with E-state index in [1.54, 1.807) is 11.3 Å². The summed E-state index contributed by atoms with van der Waals surface area (Å²) in [5.74, 6) is -1.70. The monoisotopic (exact) mass is 317 g/mol. The van der Waals surface area contributed by atoms with Crippen LogP contribution in [-0.2, 0) is 6.42 Å². The van der Waals surface area contributed by atoms with Crippen LogP contribution in [0.2, 0.25) is 0 Å². The lowest BCUT2D eigenvalue weighted by Gasteiger charge is -2.10. The summed E-state index contributed by atoms with van der Waals surface area (Å²) in [6.07, 6.45) is 0.612. The molecule has 17 heavy (non-hydrogen) atoms. The van der Waals surface area contributed by atoms with Gasteiger partial charge < -0.3 is 5.73 Å². The van der Waals surface area contributed by atoms with Crippen molar-refractivity contribution in [1.29, 1.82) is 0 Å². The van der Waals surface area contributed by atoms with Gasteiger partial charge in [0.2, 0.25) is 0 Å². The molecule has 1 atom stereocenters. The molecule has 1 unspecified atom stereocenters. The molecule has 0 amide bonds. The SMILES string of the molecule is NC(Cc1ccc(Br)s1)c1ccc(F)c(F)c1. The van der Waals surface area contributed by atoms with Crippen LogP contribution in [0.4, 0.5) is 8.78 Å². The fourth-order valence-electron chi connectivity index (χ4n) is 1.54. The number of nitrogens with two attached hydrogens (primary N) is 1. The first kappa shape index (κ1) is 12.7. The van der Waals surface area contributed by atoms with Gasteiger partial charge in [-0.3, -0.25) is 0 Å². The summed E-state index contributed by atoms with van der Waals surface area (Å²) in [4.78, 5) is 1.11. The lowest BCUT2D eigenvalue weighted by molar-refractivity contribution is 0.505. The van der Waals surface area contributed by atoms with Crippen molar-refractivity contribution in [1.82, 2.24) is 0 Å². The second-order valence-electron chi connectivity index (χ2n) is 3.69. The van der Waals surface area contributed by atoms with Crippen LogP contribution in [0.15, 0.2) is 34.1 Å². The van der Waals surface area contributed by atoms with Crippen molar-refractivity contribution in [3.05, 3.63) is 56.2 Å². The van der Waals surface area contributed by atoms with E-state index in [9.17, 15) is 8.78 Å². The summed E-state index contributed by atoms with van der Waals surface area (Å²) in [7, 11) is 0. The summed E-state index contributed by atoms with van der Waals surface area (Å²) >= 11 is 4.95. The summed E-state index contributed by atoms with van der Waals surface area (Å²) in [5.41, 5.74) is 6.56. The van der Waals surface area contributed by atoms with E-state index >= 15 is 0 Å². The fourth-order valence-corrected chi connectivity index (χ4v) is 3.08. The van der Waals surface area contributed by atoms with Gasteiger partial charge in [-0.25, -0.2) is 8.78 Å². The number of halogens is 3. The minimum absolute atomic E-state index is 0.323. The Hall–Kier alpha value is -0.780. The first-order valence-electron chi connectivity index (χ1n) is 5.01. The third kappa shape index (κ3) is 3.12. The maximum atomic E-state index is 13.0. The molecule has 5 heteroatoms. The van der Waals surface area contributed by atoms with Crippen molar-refractivity contribution in [2.24, 2.45) is 5.73 Å². The Morgan fingerprint density at radius 1 is 1.18 bits per heavy atom. The van der Waals surface area contributed by atoms with Crippen LogP contribution in [0.25, 0.3) is 0 Å². The standard InChI is InChI=1S/C12H10BrF2NS/c13-12-4-2-8(17-12)6-11(16)7-1-3-9(14)10(15)5-7/h1-5,11H,6,16H2. The summed E-state index contributed by atoms with van der Waals surface area (Å²) < 4.78 is 26.9. The van der Waals surface area contributed by atoms with Crippen molar-refractivity contribution < 1.29 is 8.78 Å². The third-order valence-electron chi connectivity index (χ3n) is 2.42. The molecule has 2 aromatic rings. The molecule has 1 aromatic heterocycles. The maximum absolute atomic E-state index is 13.0. The molecule has 0 aliphatic rings. The van der Waals surface area contributed by atoms with Gasteiger partial charge in [0.15, 0.2) is 11.6 Å². The molecule has 0 radical (unpaired) electrons. The topological polar surface area (TPSA) is 26.0 Å². The summed E-state index contributed by atoms with van der Waals surface area (Å²) in [6.45, 7) is 0. The van der Waals surface area contributed by atoms with E-state index in [0.717, 1.165) is 20.8 Å². The van der Waals surface area contributed by atoms with Crippen molar-refractivity contribution >= 4 is 27.3 Å². The normalized spacial score (nSPS) is 12.7. The average molecular weight is 318 g/mol. The maximum Gasteiger partial charge on any atom is 0.159 e. The zero-order chi connectivity index (χ0) is 12.4. The minimum Gasteiger partial charge on any atom is -0.324 e. The second kappa shape index (κ2) is 5.25. The van der Waals surface area contributed by atoms with E-state index < -0.39 is 11.6 Å². The molecule has 1 heterocycles. The van der Waals surface area contributed by atoms with E-state index in [4.69, 9.17) is 5.73 Å². The van der Waals surface area contributed by atoms with Crippen molar-refractivity contribution in [3.63, 3.8) is 0 Å². The second-order valence-corrected chi connectivity index (χ2v) is 6.24. The first-order valence-corrected chi connectivity index (χ1v) is 6.62. The number of rotatable bonds is 3. The van der Waals surface area contributed by atoms with Crippen LogP contribution in [0.1, 0.15) is 16.5 Å². The predicted octanol–water partition coefficient (Wildman–Crippen LogP) is 4.03. The molecule has 2 rings (SSSR count). The first-order chi connectivity index (χ1) is 8.06. The van der Waals surface area contributed by atoms with Gasteiger partial charge in [-0.2, -0.15) is 0 Å². The predicted molar refractivity (Wildman–Crippen MR) is 69.0 cm³/mol. The fraction of sp³-hybridized carbons (Fsp3) is 0.167. The number of thiophene rings is 1. The van der Waals surface area contributed by atoms with Crippen LogP contribution in [0.5, 0.6) is 0 Å². The van der Waals surface area contributed by atoms with Gasteiger partial charge in [0.1, 0.15) is 0 Å². The minimum atomic E-state index is -0.856. The van der Waals surface area contributed by atoms with Gasteiger partial charge in [-0.1, -0.05) is 6.07 Å². The summed E-state index contributed by atoms with van der Waals surface area (Å²) in [5, 5.41) is 0. The van der Waals surface area contributed by atoms with E-state index in [2.05, 4.69) is 15.9 Å². The zero-order valence-electron chi connectivity index (χ0n) is 8.79. The van der Waals surface area contributed by atoms with Crippen LogP contribution in [-0.4, -0.2) is 0 Å². The highest BCUT2D eigenvalue weighted by atomic mass is 79.9. The Labute approximate surface area is 110 Å². The lowest BCUT2D eigenvalue weighted by Crippen LogP contribution is -2.13. The van der Waals surface area contributed by atoms with Crippen LogP contribution >= 0.6 is 27.3 Å². The molecular formula is C12H10BrF2NS. The lowest BCUT2D eigenvalue weighted by atomic mass is 10.0. The molecule has 0 aliphatic heterocycles. The van der Waals surface area contributed by atoms with Crippen molar-refractivity contribution in [2.45, 2.75) is 12.5 Å². The van der Waals surface area contributed by atoms with Gasteiger partial charge in [-0.05, 0) is 45.8 Å². The Kier molecular flexibility index (Phi) is 3.91. The molecule has 0 bridgehead atoms. The average Bonchev–Trinajstić information content (AvgIpc) is 2.68. The highest BCUT2D eigenvalue weighted by molar-refractivity contribution is 9.11. The van der Waals surface area contributed by atoms with Gasteiger partial charge in [0.05, 0.1) is 3.79 Å². The highest BCUT2D eigenvalue weighted by Crippen LogP contribution is 2.26. The van der Waals surface area contributed by atoms with E-state index in [0.29, 0.717) is 12.0 Å².